The van der Waals surface area contributed by atoms with Gasteiger partial charge in [0.2, 0.25) is 0 Å². The smallest absolute Gasteiger partial charge is 0.0832 e. The van der Waals surface area contributed by atoms with Crippen molar-refractivity contribution in [1.82, 2.24) is 4.57 Å². The molecule has 3 rings (SSSR count). The first-order valence-electron chi connectivity index (χ1n) is 6.26. The maximum atomic E-state index is 6.27. The highest BCUT2D eigenvalue weighted by Gasteiger charge is 2.13. The Morgan fingerprint density at radius 1 is 0.889 bits per heavy atom. The Balaban J connectivity index is 2.38. The SMILES string of the molecule is NCCC(N)n1c2ccccc2c2ccccc21. The average molecular weight is 239 g/mol. The van der Waals surface area contributed by atoms with E-state index >= 15 is 0 Å². The molecule has 1 unspecified atom stereocenters. The summed E-state index contributed by atoms with van der Waals surface area (Å²) in [5.74, 6) is 0. The molecule has 2 aromatic carbocycles. The number of benzene rings is 2. The van der Waals surface area contributed by atoms with Crippen LogP contribution in [0.25, 0.3) is 21.8 Å². The van der Waals surface area contributed by atoms with Crippen molar-refractivity contribution >= 4 is 21.8 Å². The van der Waals surface area contributed by atoms with Gasteiger partial charge in [-0.25, -0.2) is 0 Å². The molecule has 0 fully saturated rings. The van der Waals surface area contributed by atoms with Crippen molar-refractivity contribution in [1.29, 1.82) is 0 Å². The van der Waals surface area contributed by atoms with Gasteiger partial charge in [-0.15, -0.1) is 0 Å². The first-order chi connectivity index (χ1) is 8.83. The van der Waals surface area contributed by atoms with Gasteiger partial charge in [0.1, 0.15) is 0 Å². The van der Waals surface area contributed by atoms with Crippen molar-refractivity contribution in [2.75, 3.05) is 6.54 Å². The normalized spacial score (nSPS) is 13.2. The number of nitrogens with zero attached hydrogens (tertiary/aromatic N) is 1. The van der Waals surface area contributed by atoms with Gasteiger partial charge >= 0.3 is 0 Å². The van der Waals surface area contributed by atoms with Crippen LogP contribution in [0.15, 0.2) is 48.5 Å². The summed E-state index contributed by atoms with van der Waals surface area (Å²) >= 11 is 0. The predicted octanol–water partition coefficient (Wildman–Crippen LogP) is 2.60. The first kappa shape index (κ1) is 11.3. The number of hydrogen-bond donors (Lipinski definition) is 2. The van der Waals surface area contributed by atoms with E-state index in [2.05, 4.69) is 41.0 Å². The van der Waals surface area contributed by atoms with E-state index in [1.165, 1.54) is 21.8 Å². The summed E-state index contributed by atoms with van der Waals surface area (Å²) in [6.45, 7) is 0.599. The molecule has 0 spiro atoms. The second-order valence-corrected chi connectivity index (χ2v) is 4.55. The lowest BCUT2D eigenvalue weighted by Gasteiger charge is -2.15. The summed E-state index contributed by atoms with van der Waals surface area (Å²) < 4.78 is 2.19. The Morgan fingerprint density at radius 3 is 1.89 bits per heavy atom. The van der Waals surface area contributed by atoms with Crippen LogP contribution in [0.3, 0.4) is 0 Å². The molecular weight excluding hydrogens is 222 g/mol. The van der Waals surface area contributed by atoms with Crippen LogP contribution in [0.5, 0.6) is 0 Å². The van der Waals surface area contributed by atoms with Crippen molar-refractivity contribution < 1.29 is 0 Å². The Bertz CT molecular complexity index is 631. The van der Waals surface area contributed by atoms with Gasteiger partial charge in [-0.1, -0.05) is 36.4 Å². The molecule has 3 heteroatoms. The zero-order chi connectivity index (χ0) is 12.5. The van der Waals surface area contributed by atoms with Gasteiger partial charge in [-0.05, 0) is 25.1 Å². The maximum absolute atomic E-state index is 6.27. The highest BCUT2D eigenvalue weighted by molar-refractivity contribution is 6.08. The molecule has 0 saturated heterocycles. The molecule has 3 nitrogen and oxygen atoms in total. The molecule has 1 aromatic heterocycles. The molecule has 4 N–H and O–H groups in total. The number of rotatable bonds is 3. The molecule has 0 saturated carbocycles. The molecule has 1 heterocycles. The van der Waals surface area contributed by atoms with Crippen molar-refractivity contribution in [2.24, 2.45) is 11.5 Å². The fraction of sp³-hybridized carbons (Fsp3) is 0.200. The molecule has 0 aliphatic rings. The summed E-state index contributed by atoms with van der Waals surface area (Å²) in [5, 5.41) is 2.50. The maximum Gasteiger partial charge on any atom is 0.0832 e. The van der Waals surface area contributed by atoms with Crippen molar-refractivity contribution in [3.8, 4) is 0 Å². The second kappa shape index (κ2) is 4.44. The fourth-order valence-electron chi connectivity index (χ4n) is 2.61. The van der Waals surface area contributed by atoms with Gasteiger partial charge in [0, 0.05) is 10.8 Å². The minimum Gasteiger partial charge on any atom is -0.330 e. The van der Waals surface area contributed by atoms with E-state index < -0.39 is 0 Å². The standard InChI is InChI=1S/C15H17N3/c16-10-9-15(17)18-13-7-3-1-5-11(13)12-6-2-4-8-14(12)18/h1-8,15H,9-10,16-17H2. The molecule has 3 aromatic rings. The van der Waals surface area contributed by atoms with Crippen LogP contribution in [-0.2, 0) is 0 Å². The van der Waals surface area contributed by atoms with Crippen molar-refractivity contribution in [2.45, 2.75) is 12.6 Å². The zero-order valence-corrected chi connectivity index (χ0v) is 10.2. The van der Waals surface area contributed by atoms with Gasteiger partial charge in [-0.3, -0.25) is 0 Å². The highest BCUT2D eigenvalue weighted by atomic mass is 15.1. The number of nitrogens with two attached hydrogens (primary N) is 2. The average Bonchev–Trinajstić information content (AvgIpc) is 2.73. The van der Waals surface area contributed by atoms with E-state index in [0.717, 1.165) is 6.42 Å². The van der Waals surface area contributed by atoms with E-state index in [4.69, 9.17) is 11.5 Å². The van der Waals surface area contributed by atoms with Gasteiger partial charge in [-0.2, -0.15) is 0 Å². The number of para-hydroxylation sites is 2. The van der Waals surface area contributed by atoms with Crippen LogP contribution in [0.4, 0.5) is 0 Å². The van der Waals surface area contributed by atoms with Crippen molar-refractivity contribution in [3.05, 3.63) is 48.5 Å². The van der Waals surface area contributed by atoms with Crippen LogP contribution < -0.4 is 11.5 Å². The molecule has 0 aliphatic carbocycles. The van der Waals surface area contributed by atoms with E-state index in [1.54, 1.807) is 0 Å². The Hall–Kier alpha value is -1.84. The van der Waals surface area contributed by atoms with Gasteiger partial charge in [0.15, 0.2) is 0 Å². The van der Waals surface area contributed by atoms with E-state index in [-0.39, 0.29) is 6.17 Å². The lowest BCUT2D eigenvalue weighted by atomic mass is 10.2. The fourth-order valence-corrected chi connectivity index (χ4v) is 2.61. The second-order valence-electron chi connectivity index (χ2n) is 4.55. The van der Waals surface area contributed by atoms with Crippen LogP contribution >= 0.6 is 0 Å². The molecule has 0 amide bonds. The summed E-state index contributed by atoms with van der Waals surface area (Å²) in [7, 11) is 0. The minimum atomic E-state index is -0.0696. The largest absolute Gasteiger partial charge is 0.330 e. The van der Waals surface area contributed by atoms with Gasteiger partial charge in [0.05, 0.1) is 17.2 Å². The molecule has 1 atom stereocenters. The number of hydrogen-bond acceptors (Lipinski definition) is 2. The Labute approximate surface area is 106 Å². The lowest BCUT2D eigenvalue weighted by Crippen LogP contribution is -2.21. The summed E-state index contributed by atoms with van der Waals surface area (Å²) in [6.07, 6.45) is 0.711. The number of fused-ring (bicyclic) bond motifs is 3. The topological polar surface area (TPSA) is 57.0 Å². The minimum absolute atomic E-state index is 0.0696. The summed E-state index contributed by atoms with van der Waals surface area (Å²) in [4.78, 5) is 0. The zero-order valence-electron chi connectivity index (χ0n) is 10.2. The lowest BCUT2D eigenvalue weighted by molar-refractivity contribution is 0.517. The van der Waals surface area contributed by atoms with Gasteiger partial charge in [0.25, 0.3) is 0 Å². The molecular formula is C15H17N3. The monoisotopic (exact) mass is 239 g/mol. The molecule has 92 valence electrons. The summed E-state index contributed by atoms with van der Waals surface area (Å²) in [6, 6.07) is 16.7. The van der Waals surface area contributed by atoms with E-state index in [1.807, 2.05) is 12.1 Å². The molecule has 0 bridgehead atoms. The van der Waals surface area contributed by atoms with Crippen LogP contribution in [0.2, 0.25) is 0 Å². The Morgan fingerprint density at radius 2 is 1.39 bits per heavy atom. The highest BCUT2D eigenvalue weighted by Crippen LogP contribution is 2.30. The number of aromatic nitrogens is 1. The van der Waals surface area contributed by atoms with Gasteiger partial charge < -0.3 is 16.0 Å². The molecule has 0 aliphatic heterocycles. The first-order valence-corrected chi connectivity index (χ1v) is 6.26. The van der Waals surface area contributed by atoms with Crippen LogP contribution in [0, 0.1) is 0 Å². The van der Waals surface area contributed by atoms with Crippen LogP contribution in [0.1, 0.15) is 12.6 Å². The predicted molar refractivity (Wildman–Crippen MR) is 76.3 cm³/mol. The van der Waals surface area contributed by atoms with E-state index in [0.29, 0.717) is 6.54 Å². The third kappa shape index (κ3) is 1.60. The third-order valence-electron chi connectivity index (χ3n) is 3.41. The van der Waals surface area contributed by atoms with E-state index in [9.17, 15) is 0 Å². The Kier molecular flexibility index (Phi) is 2.78. The molecule has 0 radical (unpaired) electrons. The van der Waals surface area contributed by atoms with Crippen molar-refractivity contribution in [3.63, 3.8) is 0 Å². The quantitative estimate of drug-likeness (QED) is 0.738. The summed E-state index contributed by atoms with van der Waals surface area (Å²) in [5.41, 5.74) is 14.3. The molecule has 18 heavy (non-hydrogen) atoms. The van der Waals surface area contributed by atoms with Crippen LogP contribution in [-0.4, -0.2) is 11.1 Å². The third-order valence-corrected chi connectivity index (χ3v) is 3.41.